The predicted molar refractivity (Wildman–Crippen MR) is 44.5 cm³/mol. The maximum Gasteiger partial charge on any atom is 1.00 e. The van der Waals surface area contributed by atoms with E-state index in [-0.39, 0.29) is 31.0 Å². The summed E-state index contributed by atoms with van der Waals surface area (Å²) < 4.78 is 0. The van der Waals surface area contributed by atoms with E-state index in [4.69, 9.17) is 0 Å². The molecule has 6 nitrogen and oxygen atoms in total. The summed E-state index contributed by atoms with van der Waals surface area (Å²) in [5.74, 6) is 8.99. The number of hydrazine groups is 2. The monoisotopic (exact) mass is 208 g/mol. The fourth-order valence-electron chi connectivity index (χ4n) is 0. The molecule has 2 amide bonds. The zero-order valence-corrected chi connectivity index (χ0v) is 9.65. The van der Waals surface area contributed by atoms with Crippen LogP contribution in [0.25, 0.3) is 0 Å². The molecule has 0 rings (SSSR count). The third-order valence-electron chi connectivity index (χ3n) is 0.247. The minimum Gasteiger partial charge on any atom is -1.00 e. The smallest absolute Gasteiger partial charge is 1.00 e. The molecule has 0 atom stereocenters. The summed E-state index contributed by atoms with van der Waals surface area (Å²) in [4.78, 5) is 18.9. The van der Waals surface area contributed by atoms with E-state index < -0.39 is 10.5 Å². The summed E-state index contributed by atoms with van der Waals surface area (Å²) in [7, 11) is 0. The first-order valence-corrected chi connectivity index (χ1v) is 2.83. The molecule has 0 saturated heterocycles. The fourth-order valence-corrected chi connectivity index (χ4v) is 0. The van der Waals surface area contributed by atoms with Crippen molar-refractivity contribution in [2.24, 2.45) is 11.7 Å². The number of hydrogen-bond donors (Lipinski definition) is 6. The number of amides is 2. The fraction of sp³-hybridized carbons (Fsp3) is 0. The molecule has 62 valence electrons. The van der Waals surface area contributed by atoms with Gasteiger partial charge in [0.2, 0.25) is 0 Å². The van der Waals surface area contributed by atoms with Crippen LogP contribution in [0, 0.1) is 0 Å². The Balaban J connectivity index is -0.0000000457. The summed E-state index contributed by atoms with van der Waals surface area (Å²) in [6.45, 7) is 0. The summed E-state index contributed by atoms with van der Waals surface area (Å²) in [6.07, 6.45) is 0. The number of rotatable bonds is 0. The number of nitrogens with two attached hydrogens (primary N) is 2. The molecule has 11 heavy (non-hydrogen) atoms. The van der Waals surface area contributed by atoms with Gasteiger partial charge in [0.25, 0.3) is 10.5 Å². The normalized spacial score (nSPS) is 6.18. The molecule has 0 unspecified atom stereocenters. The van der Waals surface area contributed by atoms with Gasteiger partial charge in [-0.1, -0.05) is 25.3 Å². The van der Waals surface area contributed by atoms with Crippen molar-refractivity contribution in [1.29, 1.82) is 0 Å². The molecule has 0 saturated carbocycles. The van der Waals surface area contributed by atoms with E-state index in [9.17, 15) is 9.59 Å². The second kappa shape index (κ2) is 13.2. The Morgan fingerprint density at radius 1 is 1.09 bits per heavy atom. The van der Waals surface area contributed by atoms with Crippen molar-refractivity contribution in [2.45, 2.75) is 0 Å². The third kappa shape index (κ3) is 37.2. The van der Waals surface area contributed by atoms with Crippen molar-refractivity contribution in [3.8, 4) is 0 Å². The average Bonchev–Trinajstić information content (AvgIpc) is 1.89. The average molecular weight is 208 g/mol. The van der Waals surface area contributed by atoms with Crippen molar-refractivity contribution in [3.63, 3.8) is 0 Å². The maximum atomic E-state index is 9.44. The van der Waals surface area contributed by atoms with Crippen molar-refractivity contribution in [3.05, 3.63) is 0 Å². The van der Waals surface area contributed by atoms with Crippen LogP contribution in [-0.4, -0.2) is 10.5 Å². The van der Waals surface area contributed by atoms with E-state index in [1.807, 2.05) is 0 Å². The SMILES string of the molecule is NNC(=O)S.NNC(=O)S.[H-].[Na+]. The van der Waals surface area contributed by atoms with Crippen LogP contribution in [0.3, 0.4) is 0 Å². The third-order valence-corrected chi connectivity index (χ3v) is 0.505. The molecule has 0 aromatic carbocycles. The van der Waals surface area contributed by atoms with Gasteiger partial charge in [0.05, 0.1) is 0 Å². The quantitative estimate of drug-likeness (QED) is 0.0804. The molecular formula is C2H9N4NaO2S2. The van der Waals surface area contributed by atoms with Crippen LogP contribution in [0.2, 0.25) is 0 Å². The van der Waals surface area contributed by atoms with Crippen LogP contribution < -0.4 is 52.1 Å². The molecule has 0 aromatic heterocycles. The molecule has 0 radical (unpaired) electrons. The number of thiol groups is 2. The van der Waals surface area contributed by atoms with E-state index in [1.54, 1.807) is 10.9 Å². The largest absolute Gasteiger partial charge is 1.00 e. The second-order valence-electron chi connectivity index (χ2n) is 0.899. The molecule has 0 bridgehead atoms. The van der Waals surface area contributed by atoms with Crippen molar-refractivity contribution < 1.29 is 40.6 Å². The number of carbonyl (C=O) groups is 2. The van der Waals surface area contributed by atoms with Gasteiger partial charge in [0.1, 0.15) is 0 Å². The van der Waals surface area contributed by atoms with Gasteiger partial charge >= 0.3 is 29.6 Å². The first kappa shape index (κ1) is 17.6. The van der Waals surface area contributed by atoms with Gasteiger partial charge in [-0.05, 0) is 0 Å². The summed E-state index contributed by atoms with van der Waals surface area (Å²) in [5.41, 5.74) is 3.51. The van der Waals surface area contributed by atoms with E-state index in [2.05, 4.69) is 36.9 Å². The van der Waals surface area contributed by atoms with Gasteiger partial charge in [0, 0.05) is 0 Å². The van der Waals surface area contributed by atoms with E-state index >= 15 is 0 Å². The molecule has 0 heterocycles. The molecule has 0 fully saturated rings. The Morgan fingerprint density at radius 3 is 1.18 bits per heavy atom. The predicted octanol–water partition coefficient (Wildman–Crippen LogP) is -3.88. The van der Waals surface area contributed by atoms with Crippen molar-refractivity contribution >= 4 is 35.7 Å². The summed E-state index contributed by atoms with van der Waals surface area (Å²) in [6, 6.07) is 0. The van der Waals surface area contributed by atoms with Gasteiger partial charge < -0.3 is 1.43 Å². The Kier molecular flexibility index (Phi) is 21.1. The van der Waals surface area contributed by atoms with Crippen LogP contribution in [0.15, 0.2) is 0 Å². The first-order chi connectivity index (χ1) is 4.54. The van der Waals surface area contributed by atoms with E-state index in [1.165, 1.54) is 0 Å². The van der Waals surface area contributed by atoms with E-state index in [0.717, 1.165) is 0 Å². The van der Waals surface area contributed by atoms with Crippen LogP contribution in [-0.2, 0) is 0 Å². The Labute approximate surface area is 98.4 Å². The van der Waals surface area contributed by atoms with Gasteiger partial charge in [-0.15, -0.1) is 0 Å². The second-order valence-corrected chi connectivity index (χ2v) is 1.71. The summed E-state index contributed by atoms with van der Waals surface area (Å²) >= 11 is 6.45. The molecule has 0 aliphatic heterocycles. The zero-order chi connectivity index (χ0) is 8.57. The zero-order valence-electron chi connectivity index (χ0n) is 6.87. The van der Waals surface area contributed by atoms with Gasteiger partial charge in [-0.25, -0.2) is 11.7 Å². The van der Waals surface area contributed by atoms with Crippen LogP contribution in [0.1, 0.15) is 1.43 Å². The maximum absolute atomic E-state index is 9.44. The number of nitrogens with one attached hydrogen (secondary N) is 2. The van der Waals surface area contributed by atoms with Crippen LogP contribution >= 0.6 is 25.3 Å². The number of carbonyl (C=O) groups excluding carboxylic acids is 2. The van der Waals surface area contributed by atoms with Crippen LogP contribution in [0.4, 0.5) is 9.59 Å². The molecule has 6 N–H and O–H groups in total. The van der Waals surface area contributed by atoms with Gasteiger partial charge in [-0.3, -0.25) is 20.4 Å². The number of hydrogen-bond acceptors (Lipinski definition) is 4. The molecule has 9 heteroatoms. The summed E-state index contributed by atoms with van der Waals surface area (Å²) in [5, 5.41) is -1.05. The molecule has 0 aliphatic carbocycles. The Bertz CT molecular complexity index is 114. The van der Waals surface area contributed by atoms with Crippen LogP contribution in [0.5, 0.6) is 0 Å². The molecular weight excluding hydrogens is 199 g/mol. The van der Waals surface area contributed by atoms with Crippen molar-refractivity contribution in [2.75, 3.05) is 0 Å². The standard InChI is InChI=1S/2CH4N2OS.Na.H/c2*2-3-1(4)5;;/h2*2H2,(H2,3,4,5);;/q;;+1;-1. The Hall–Kier alpha value is 0.560. The first-order valence-electron chi connectivity index (χ1n) is 1.93. The Morgan fingerprint density at radius 2 is 1.18 bits per heavy atom. The van der Waals surface area contributed by atoms with E-state index in [0.29, 0.717) is 0 Å². The van der Waals surface area contributed by atoms with Gasteiger partial charge in [-0.2, -0.15) is 0 Å². The minimum absolute atomic E-state index is 0. The minimum atomic E-state index is -0.523. The topological polar surface area (TPSA) is 110 Å². The molecule has 0 aliphatic rings. The van der Waals surface area contributed by atoms with Crippen molar-refractivity contribution in [1.82, 2.24) is 10.9 Å². The molecule has 0 aromatic rings. The molecule has 0 spiro atoms. The van der Waals surface area contributed by atoms with Gasteiger partial charge in [0.15, 0.2) is 0 Å².